The molecule has 3 heterocycles. The number of ether oxygens (including phenoxy) is 1. The molecule has 5 rings (SSSR count). The molecular weight excluding hydrogens is 416 g/mol. The Hall–Kier alpha value is -4.20. The van der Waals surface area contributed by atoms with Crippen LogP contribution in [0.15, 0.2) is 85.5 Å². The van der Waals surface area contributed by atoms with E-state index < -0.39 is 0 Å². The smallest absolute Gasteiger partial charge is 0.229 e. The molecule has 1 unspecified atom stereocenters. The molecule has 166 valence electrons. The van der Waals surface area contributed by atoms with Crippen LogP contribution in [0.3, 0.4) is 0 Å². The second-order valence-corrected chi connectivity index (χ2v) is 7.87. The first-order valence-corrected chi connectivity index (χ1v) is 11.0. The van der Waals surface area contributed by atoms with Gasteiger partial charge in [0.15, 0.2) is 11.6 Å². The minimum Gasteiger partial charge on any atom is -0.455 e. The van der Waals surface area contributed by atoms with Crippen LogP contribution in [0.1, 0.15) is 12.8 Å². The Morgan fingerprint density at radius 1 is 1.00 bits per heavy atom. The molecule has 0 saturated carbocycles. The van der Waals surface area contributed by atoms with E-state index in [0.29, 0.717) is 23.8 Å². The second kappa shape index (κ2) is 9.52. The molecular formula is C25H24N6O2. The normalized spacial score (nSPS) is 15.8. The van der Waals surface area contributed by atoms with Crippen LogP contribution in [-0.2, 0) is 4.79 Å². The average molecular weight is 441 g/mol. The Labute approximate surface area is 191 Å². The quantitative estimate of drug-likeness (QED) is 0.481. The summed E-state index contributed by atoms with van der Waals surface area (Å²) in [5, 5.41) is 7.30. The highest BCUT2D eigenvalue weighted by Gasteiger charge is 2.27. The Kier molecular flexibility index (Phi) is 5.97. The third kappa shape index (κ3) is 4.85. The van der Waals surface area contributed by atoms with Gasteiger partial charge in [0.2, 0.25) is 5.91 Å². The van der Waals surface area contributed by atoms with Crippen LogP contribution >= 0.6 is 0 Å². The molecule has 0 radical (unpaired) electrons. The number of anilines is 2. The van der Waals surface area contributed by atoms with E-state index in [4.69, 9.17) is 4.74 Å². The maximum atomic E-state index is 13.2. The predicted molar refractivity (Wildman–Crippen MR) is 126 cm³/mol. The lowest BCUT2D eigenvalue weighted by molar-refractivity contribution is -0.120. The topological polar surface area (TPSA) is 85.2 Å². The third-order valence-electron chi connectivity index (χ3n) is 5.61. The number of rotatable bonds is 6. The van der Waals surface area contributed by atoms with Gasteiger partial charge in [-0.2, -0.15) is 5.10 Å². The fourth-order valence-electron chi connectivity index (χ4n) is 3.95. The molecule has 0 spiro atoms. The van der Waals surface area contributed by atoms with Crippen molar-refractivity contribution in [3.63, 3.8) is 0 Å². The number of hydrogen-bond acceptors (Lipinski definition) is 6. The van der Waals surface area contributed by atoms with Crippen molar-refractivity contribution < 1.29 is 9.53 Å². The molecule has 1 atom stereocenters. The lowest BCUT2D eigenvalue weighted by Crippen LogP contribution is -2.41. The van der Waals surface area contributed by atoms with Gasteiger partial charge < -0.3 is 15.0 Å². The molecule has 4 aromatic rings. The van der Waals surface area contributed by atoms with E-state index >= 15 is 0 Å². The van der Waals surface area contributed by atoms with Gasteiger partial charge in [-0.15, -0.1) is 0 Å². The maximum Gasteiger partial charge on any atom is 0.229 e. The van der Waals surface area contributed by atoms with Crippen molar-refractivity contribution in [1.29, 1.82) is 0 Å². The van der Waals surface area contributed by atoms with E-state index in [1.165, 1.54) is 6.33 Å². The number of amides is 1. The number of hydrogen-bond donors (Lipinski definition) is 1. The number of carbonyl (C=O) groups is 1. The number of piperidine rings is 1. The van der Waals surface area contributed by atoms with Crippen LogP contribution in [-0.4, -0.2) is 38.7 Å². The zero-order valence-electron chi connectivity index (χ0n) is 18.0. The van der Waals surface area contributed by atoms with E-state index in [2.05, 4.69) is 25.3 Å². The monoisotopic (exact) mass is 440 g/mol. The summed E-state index contributed by atoms with van der Waals surface area (Å²) < 4.78 is 7.68. The first-order valence-electron chi connectivity index (χ1n) is 11.0. The van der Waals surface area contributed by atoms with Crippen molar-refractivity contribution in [2.75, 3.05) is 23.3 Å². The van der Waals surface area contributed by atoms with Gasteiger partial charge in [0.25, 0.3) is 0 Å². The fraction of sp³-hybridized carbons (Fsp3) is 0.200. The summed E-state index contributed by atoms with van der Waals surface area (Å²) >= 11 is 0. The molecule has 1 aliphatic heterocycles. The van der Waals surface area contributed by atoms with Crippen LogP contribution in [0.2, 0.25) is 0 Å². The summed E-state index contributed by atoms with van der Waals surface area (Å²) in [6.45, 7) is 1.43. The van der Waals surface area contributed by atoms with Crippen molar-refractivity contribution in [1.82, 2.24) is 19.7 Å². The molecule has 1 saturated heterocycles. The number of nitrogens with one attached hydrogen (secondary N) is 1. The van der Waals surface area contributed by atoms with Crippen LogP contribution in [0.25, 0.3) is 5.82 Å². The lowest BCUT2D eigenvalue weighted by atomic mass is 9.97. The summed E-state index contributed by atoms with van der Waals surface area (Å²) in [4.78, 5) is 24.0. The molecule has 1 fully saturated rings. The Morgan fingerprint density at radius 2 is 1.82 bits per heavy atom. The van der Waals surface area contributed by atoms with Gasteiger partial charge in [0.05, 0.1) is 11.6 Å². The van der Waals surface area contributed by atoms with Crippen LogP contribution < -0.4 is 15.0 Å². The number of benzene rings is 2. The van der Waals surface area contributed by atoms with Gasteiger partial charge in [0, 0.05) is 31.5 Å². The highest BCUT2D eigenvalue weighted by molar-refractivity contribution is 5.94. The van der Waals surface area contributed by atoms with Gasteiger partial charge in [0.1, 0.15) is 17.9 Å². The number of nitrogens with zero attached hydrogens (tertiary/aromatic N) is 5. The zero-order valence-corrected chi connectivity index (χ0v) is 18.0. The summed E-state index contributed by atoms with van der Waals surface area (Å²) in [5.41, 5.74) is 0.659. The molecule has 1 N–H and O–H groups in total. The zero-order chi connectivity index (χ0) is 22.5. The summed E-state index contributed by atoms with van der Waals surface area (Å²) in [6.07, 6.45) is 6.81. The first kappa shape index (κ1) is 20.7. The van der Waals surface area contributed by atoms with Gasteiger partial charge in [-0.3, -0.25) is 4.79 Å². The summed E-state index contributed by atoms with van der Waals surface area (Å²) in [5.74, 6) is 2.64. The van der Waals surface area contributed by atoms with Gasteiger partial charge in [-0.05, 0) is 43.2 Å². The minimum atomic E-state index is -0.161. The average Bonchev–Trinajstić information content (AvgIpc) is 3.41. The third-order valence-corrected chi connectivity index (χ3v) is 5.61. The number of para-hydroxylation sites is 3. The molecule has 1 aliphatic rings. The van der Waals surface area contributed by atoms with Crippen molar-refractivity contribution in [3.8, 4) is 17.3 Å². The van der Waals surface area contributed by atoms with Crippen LogP contribution in [0.4, 0.5) is 11.5 Å². The summed E-state index contributed by atoms with van der Waals surface area (Å²) in [6, 6.07) is 20.8. The maximum absolute atomic E-state index is 13.2. The van der Waals surface area contributed by atoms with Gasteiger partial charge >= 0.3 is 0 Å². The second-order valence-electron chi connectivity index (χ2n) is 7.87. The molecule has 8 nitrogen and oxygen atoms in total. The first-order chi connectivity index (χ1) is 16.3. The summed E-state index contributed by atoms with van der Waals surface area (Å²) in [7, 11) is 0. The Bertz CT molecular complexity index is 1210. The largest absolute Gasteiger partial charge is 0.455 e. The van der Waals surface area contributed by atoms with Crippen molar-refractivity contribution in [3.05, 3.63) is 85.5 Å². The predicted octanol–water partition coefficient (Wildman–Crippen LogP) is 4.31. The number of carbonyl (C=O) groups excluding carboxylic acids is 1. The van der Waals surface area contributed by atoms with E-state index in [1.807, 2.05) is 72.9 Å². The highest BCUT2D eigenvalue weighted by atomic mass is 16.5. The van der Waals surface area contributed by atoms with E-state index in [-0.39, 0.29) is 11.8 Å². The lowest BCUT2D eigenvalue weighted by Gasteiger charge is -2.33. The van der Waals surface area contributed by atoms with Gasteiger partial charge in [-0.1, -0.05) is 30.3 Å². The van der Waals surface area contributed by atoms with Gasteiger partial charge in [-0.25, -0.2) is 14.6 Å². The van der Waals surface area contributed by atoms with E-state index in [9.17, 15) is 4.79 Å². The van der Waals surface area contributed by atoms with Crippen LogP contribution in [0, 0.1) is 5.92 Å². The number of aromatic nitrogens is 4. The fourth-order valence-corrected chi connectivity index (χ4v) is 3.95. The minimum absolute atomic E-state index is 0.0230. The molecule has 2 aromatic heterocycles. The van der Waals surface area contributed by atoms with Crippen LogP contribution in [0.5, 0.6) is 11.5 Å². The SMILES string of the molecule is O=C(Nc1ccccc1Oc1ccccc1)C1CCCN(c2cc(-n3cccn3)ncn2)C1. The Balaban J connectivity index is 1.28. The molecule has 8 heteroatoms. The molecule has 33 heavy (non-hydrogen) atoms. The highest BCUT2D eigenvalue weighted by Crippen LogP contribution is 2.30. The van der Waals surface area contributed by atoms with Crippen molar-refractivity contribution in [2.45, 2.75) is 12.8 Å². The molecule has 0 aliphatic carbocycles. The molecule has 1 amide bonds. The Morgan fingerprint density at radius 3 is 2.67 bits per heavy atom. The van der Waals surface area contributed by atoms with Crippen molar-refractivity contribution >= 4 is 17.4 Å². The standard InChI is InChI=1S/C25H24N6O2/c32-25(29-21-11-4-5-12-22(21)33-20-9-2-1-3-10-20)19-8-6-14-30(17-19)23-16-24(27-18-26-23)31-15-7-13-28-31/h1-5,7,9-13,15-16,18-19H,6,8,14,17H2,(H,29,32). The van der Waals surface area contributed by atoms with E-state index in [1.54, 1.807) is 10.9 Å². The molecule has 2 aromatic carbocycles. The van der Waals surface area contributed by atoms with Crippen molar-refractivity contribution in [2.24, 2.45) is 5.92 Å². The van der Waals surface area contributed by atoms with E-state index in [0.717, 1.165) is 31.0 Å². The molecule has 0 bridgehead atoms.